The Morgan fingerprint density at radius 1 is 1.25 bits per heavy atom. The highest BCUT2D eigenvalue weighted by molar-refractivity contribution is 5.89. The van der Waals surface area contributed by atoms with Crippen LogP contribution in [0.25, 0.3) is 0 Å². The molecule has 0 spiro atoms. The van der Waals surface area contributed by atoms with Gasteiger partial charge in [0.15, 0.2) is 0 Å². The Bertz CT molecular complexity index is 535. The van der Waals surface area contributed by atoms with Crippen LogP contribution >= 0.6 is 0 Å². The zero-order valence-corrected chi connectivity index (χ0v) is 13.9. The third-order valence-electron chi connectivity index (χ3n) is 2.74. The molecule has 0 saturated carbocycles. The van der Waals surface area contributed by atoms with Gasteiger partial charge in [-0.3, -0.25) is 0 Å². The van der Waals surface area contributed by atoms with Crippen molar-refractivity contribution in [3.05, 3.63) is 48.2 Å². The van der Waals surface area contributed by atoms with E-state index in [9.17, 15) is 9.59 Å². The van der Waals surface area contributed by atoms with Crippen LogP contribution in [0.5, 0.6) is 0 Å². The number of hydrogen-bond acceptors (Lipinski definition) is 5. The topological polar surface area (TPSA) is 126 Å². The number of unbranched alkanes of at least 4 members (excludes halogenated alkanes) is 1. The van der Waals surface area contributed by atoms with Crippen molar-refractivity contribution in [1.29, 1.82) is 0 Å². The summed E-state index contributed by atoms with van der Waals surface area (Å²) in [6.45, 7) is 7.63. The van der Waals surface area contributed by atoms with Crippen molar-refractivity contribution in [2.24, 2.45) is 0 Å². The van der Waals surface area contributed by atoms with Crippen molar-refractivity contribution in [3.8, 4) is 0 Å². The number of carboxylic acid groups (broad SMARTS) is 2. The lowest BCUT2D eigenvalue weighted by atomic mass is 10.1. The van der Waals surface area contributed by atoms with Gasteiger partial charge in [-0.05, 0) is 50.4 Å². The van der Waals surface area contributed by atoms with E-state index in [4.69, 9.17) is 15.9 Å². The minimum atomic E-state index is -1.26. The van der Waals surface area contributed by atoms with Crippen LogP contribution in [0.15, 0.2) is 36.9 Å². The highest BCUT2D eigenvalue weighted by Gasteiger charge is 1.98. The SMILES string of the molecule is C=CCNCCCCc1cc(C)cc(N)n1.O=C(O)C=CC(=O)O. The number of rotatable bonds is 9. The summed E-state index contributed by atoms with van der Waals surface area (Å²) in [5.74, 6) is -1.89. The molecule has 5 N–H and O–H groups in total. The van der Waals surface area contributed by atoms with Crippen LogP contribution in [0.1, 0.15) is 24.1 Å². The first-order chi connectivity index (χ1) is 11.3. The highest BCUT2D eigenvalue weighted by atomic mass is 16.4. The molecular formula is C17H25N3O4. The Morgan fingerprint density at radius 3 is 2.38 bits per heavy atom. The molecule has 0 aliphatic carbocycles. The van der Waals surface area contributed by atoms with Gasteiger partial charge in [0.1, 0.15) is 5.82 Å². The normalized spacial score (nSPS) is 10.0. The number of nitrogens with zero attached hydrogens (tertiary/aromatic N) is 1. The second-order valence-electron chi connectivity index (χ2n) is 5.02. The molecule has 0 amide bonds. The molecule has 0 bridgehead atoms. The summed E-state index contributed by atoms with van der Waals surface area (Å²) in [6, 6.07) is 4.00. The first kappa shape index (κ1) is 21.3. The summed E-state index contributed by atoms with van der Waals surface area (Å²) >= 11 is 0. The van der Waals surface area contributed by atoms with Crippen LogP contribution in [0, 0.1) is 6.92 Å². The maximum Gasteiger partial charge on any atom is 0.328 e. The number of nitrogen functional groups attached to an aromatic ring is 1. The number of nitrogens with one attached hydrogen (secondary N) is 1. The number of aliphatic carboxylic acids is 2. The van der Waals surface area contributed by atoms with Crippen molar-refractivity contribution in [1.82, 2.24) is 10.3 Å². The summed E-state index contributed by atoms with van der Waals surface area (Å²) in [7, 11) is 0. The van der Waals surface area contributed by atoms with Crippen LogP contribution in [-0.2, 0) is 16.0 Å². The number of nitrogens with two attached hydrogens (primary N) is 1. The van der Waals surface area contributed by atoms with Gasteiger partial charge in [0.05, 0.1) is 0 Å². The molecule has 1 rings (SSSR count). The van der Waals surface area contributed by atoms with Crippen molar-refractivity contribution in [2.75, 3.05) is 18.8 Å². The number of carbonyl (C=O) groups is 2. The highest BCUT2D eigenvalue weighted by Crippen LogP contribution is 2.08. The Hall–Kier alpha value is -2.67. The number of carboxylic acids is 2. The van der Waals surface area contributed by atoms with Crippen molar-refractivity contribution >= 4 is 17.8 Å². The van der Waals surface area contributed by atoms with Crippen LogP contribution in [0.2, 0.25) is 0 Å². The van der Waals surface area contributed by atoms with Gasteiger partial charge < -0.3 is 21.3 Å². The van der Waals surface area contributed by atoms with Crippen molar-refractivity contribution < 1.29 is 19.8 Å². The molecule has 0 atom stereocenters. The predicted octanol–water partition coefficient (Wildman–Crippen LogP) is 1.78. The molecule has 0 radical (unpaired) electrons. The van der Waals surface area contributed by atoms with Crippen LogP contribution < -0.4 is 11.1 Å². The summed E-state index contributed by atoms with van der Waals surface area (Å²) in [5.41, 5.74) is 7.98. The van der Waals surface area contributed by atoms with Crippen molar-refractivity contribution in [3.63, 3.8) is 0 Å². The van der Waals surface area contributed by atoms with Gasteiger partial charge in [-0.1, -0.05) is 6.08 Å². The summed E-state index contributed by atoms with van der Waals surface area (Å²) < 4.78 is 0. The van der Waals surface area contributed by atoms with Gasteiger partial charge in [-0.25, -0.2) is 14.6 Å². The third kappa shape index (κ3) is 13.0. The van der Waals surface area contributed by atoms with E-state index in [1.165, 1.54) is 5.56 Å². The molecule has 0 saturated heterocycles. The van der Waals surface area contributed by atoms with E-state index in [1.807, 2.05) is 19.1 Å². The van der Waals surface area contributed by atoms with Crippen LogP contribution in [0.4, 0.5) is 5.82 Å². The quantitative estimate of drug-likeness (QED) is 0.308. The lowest BCUT2D eigenvalue weighted by Crippen LogP contribution is -2.14. The van der Waals surface area contributed by atoms with Gasteiger partial charge in [-0.15, -0.1) is 6.58 Å². The van der Waals surface area contributed by atoms with Gasteiger partial charge in [0, 0.05) is 24.4 Å². The lowest BCUT2D eigenvalue weighted by Gasteiger charge is -2.04. The van der Waals surface area contributed by atoms with E-state index in [1.54, 1.807) is 0 Å². The second kappa shape index (κ2) is 12.8. The number of anilines is 1. The van der Waals surface area contributed by atoms with Gasteiger partial charge in [0.25, 0.3) is 0 Å². The Labute approximate surface area is 141 Å². The predicted molar refractivity (Wildman–Crippen MR) is 93.8 cm³/mol. The Balaban J connectivity index is 0.000000561. The first-order valence-electron chi connectivity index (χ1n) is 7.53. The lowest BCUT2D eigenvalue weighted by molar-refractivity contribution is -0.134. The monoisotopic (exact) mass is 335 g/mol. The van der Waals surface area contributed by atoms with Gasteiger partial charge in [-0.2, -0.15) is 0 Å². The van der Waals surface area contributed by atoms with Gasteiger partial charge in [0.2, 0.25) is 0 Å². The van der Waals surface area contributed by atoms with Crippen LogP contribution in [0.3, 0.4) is 0 Å². The number of hydrogen-bond donors (Lipinski definition) is 4. The van der Waals surface area contributed by atoms with E-state index in [2.05, 4.69) is 22.9 Å². The molecular weight excluding hydrogens is 310 g/mol. The number of aryl methyl sites for hydroxylation is 2. The Morgan fingerprint density at radius 2 is 1.88 bits per heavy atom. The van der Waals surface area contributed by atoms with E-state index in [0.717, 1.165) is 38.0 Å². The average molecular weight is 335 g/mol. The fourth-order valence-corrected chi connectivity index (χ4v) is 1.80. The van der Waals surface area contributed by atoms with Crippen LogP contribution in [-0.4, -0.2) is 40.2 Å². The van der Waals surface area contributed by atoms with E-state index >= 15 is 0 Å². The largest absolute Gasteiger partial charge is 0.478 e. The standard InChI is InChI=1S/C13H21N3.C4H4O4/c1-3-7-15-8-5-4-6-12-9-11(2)10-13(14)16-12;5-3(6)1-2-4(7)8/h3,9-10,15H,1,4-8H2,2H3,(H2,14,16);1-2H,(H,5,6)(H,7,8). The fourth-order valence-electron chi connectivity index (χ4n) is 1.80. The minimum absolute atomic E-state index is 0.558. The molecule has 7 nitrogen and oxygen atoms in total. The molecule has 0 unspecified atom stereocenters. The smallest absolute Gasteiger partial charge is 0.328 e. The average Bonchev–Trinajstić information content (AvgIpc) is 2.48. The Kier molecular flexibility index (Phi) is 11.4. The summed E-state index contributed by atoms with van der Waals surface area (Å²) in [4.78, 5) is 23.4. The first-order valence-corrected chi connectivity index (χ1v) is 7.53. The molecule has 0 aromatic carbocycles. The van der Waals surface area contributed by atoms with E-state index < -0.39 is 11.9 Å². The zero-order chi connectivity index (χ0) is 18.4. The van der Waals surface area contributed by atoms with Gasteiger partial charge >= 0.3 is 11.9 Å². The molecule has 0 fully saturated rings. The summed E-state index contributed by atoms with van der Waals surface area (Å²) in [5, 5.41) is 18.9. The summed E-state index contributed by atoms with van der Waals surface area (Å²) in [6.07, 6.45) is 6.29. The minimum Gasteiger partial charge on any atom is -0.478 e. The maximum atomic E-state index is 9.55. The zero-order valence-electron chi connectivity index (χ0n) is 13.9. The molecule has 1 aromatic rings. The molecule has 24 heavy (non-hydrogen) atoms. The number of pyridine rings is 1. The fraction of sp³-hybridized carbons (Fsp3) is 0.353. The molecule has 0 aliphatic rings. The van der Waals surface area contributed by atoms with E-state index in [0.29, 0.717) is 18.0 Å². The molecule has 1 heterocycles. The number of aromatic nitrogens is 1. The molecule has 7 heteroatoms. The molecule has 1 aromatic heterocycles. The van der Waals surface area contributed by atoms with Crippen molar-refractivity contribution in [2.45, 2.75) is 26.2 Å². The second-order valence-corrected chi connectivity index (χ2v) is 5.02. The third-order valence-corrected chi connectivity index (χ3v) is 2.74. The molecule has 132 valence electrons. The maximum absolute atomic E-state index is 9.55. The van der Waals surface area contributed by atoms with E-state index in [-0.39, 0.29) is 0 Å². The molecule has 0 aliphatic heterocycles.